The zero-order valence-corrected chi connectivity index (χ0v) is 11.6. The van der Waals surface area contributed by atoms with Crippen molar-refractivity contribution < 1.29 is 14.3 Å². The summed E-state index contributed by atoms with van der Waals surface area (Å²) in [6.07, 6.45) is -0.387. The van der Waals surface area contributed by atoms with E-state index in [0.29, 0.717) is 12.2 Å². The number of aliphatic hydroxyl groups excluding tert-OH is 1. The molecule has 20 heavy (non-hydrogen) atoms. The van der Waals surface area contributed by atoms with Gasteiger partial charge in [0.25, 0.3) is 0 Å². The van der Waals surface area contributed by atoms with E-state index in [1.54, 1.807) is 6.92 Å². The fourth-order valence-electron chi connectivity index (χ4n) is 1.90. The van der Waals surface area contributed by atoms with Crippen molar-refractivity contribution in [1.82, 2.24) is 0 Å². The molecule has 0 aliphatic rings. The second-order valence-electron chi connectivity index (χ2n) is 4.61. The van der Waals surface area contributed by atoms with Gasteiger partial charge >= 0.3 is 0 Å². The molecule has 2 rings (SSSR count). The number of ether oxygens (including phenoxy) is 1. The number of aliphatic hydroxyl groups is 1. The van der Waals surface area contributed by atoms with E-state index in [1.807, 2.05) is 37.3 Å². The van der Waals surface area contributed by atoms with Gasteiger partial charge in [0.2, 0.25) is 11.2 Å². The monoisotopic (exact) mass is 274 g/mol. The summed E-state index contributed by atoms with van der Waals surface area (Å²) in [5.41, 5.74) is 0.677. The highest BCUT2D eigenvalue weighted by Gasteiger charge is 2.19. The van der Waals surface area contributed by atoms with E-state index in [-0.39, 0.29) is 23.5 Å². The van der Waals surface area contributed by atoms with Crippen molar-refractivity contribution in [3.63, 3.8) is 0 Å². The van der Waals surface area contributed by atoms with Gasteiger partial charge in [0.05, 0.1) is 0 Å². The maximum Gasteiger partial charge on any atom is 0.227 e. The molecule has 4 nitrogen and oxygen atoms in total. The maximum atomic E-state index is 12.0. The van der Waals surface area contributed by atoms with Crippen molar-refractivity contribution >= 4 is 0 Å². The lowest BCUT2D eigenvalue weighted by Gasteiger charge is -2.13. The summed E-state index contributed by atoms with van der Waals surface area (Å²) < 4.78 is 11.0. The smallest absolute Gasteiger partial charge is 0.227 e. The molecule has 0 saturated heterocycles. The van der Waals surface area contributed by atoms with Gasteiger partial charge in [0.15, 0.2) is 5.76 Å². The highest BCUT2D eigenvalue weighted by Crippen LogP contribution is 2.25. The molecule has 0 amide bonds. The Bertz CT molecular complexity index is 616. The summed E-state index contributed by atoms with van der Waals surface area (Å²) in [6.45, 7) is 3.75. The van der Waals surface area contributed by atoms with Crippen LogP contribution in [0.15, 0.2) is 45.6 Å². The topological polar surface area (TPSA) is 59.7 Å². The van der Waals surface area contributed by atoms with Crippen LogP contribution in [0.1, 0.15) is 36.5 Å². The van der Waals surface area contributed by atoms with Gasteiger partial charge in [-0.1, -0.05) is 37.3 Å². The van der Waals surface area contributed by atoms with E-state index in [4.69, 9.17) is 9.15 Å². The lowest BCUT2D eigenvalue weighted by atomic mass is 10.2. The minimum absolute atomic E-state index is 0.0915. The van der Waals surface area contributed by atoms with Gasteiger partial charge in [-0.05, 0) is 18.9 Å². The van der Waals surface area contributed by atoms with Gasteiger partial charge in [0, 0.05) is 6.07 Å². The summed E-state index contributed by atoms with van der Waals surface area (Å²) in [7, 11) is 0. The van der Waals surface area contributed by atoms with Crippen LogP contribution >= 0.6 is 0 Å². The third-order valence-electron chi connectivity index (χ3n) is 2.97. The predicted molar refractivity (Wildman–Crippen MR) is 75.7 cm³/mol. The van der Waals surface area contributed by atoms with Crippen LogP contribution in [0.25, 0.3) is 0 Å². The molecule has 0 saturated carbocycles. The SMILES string of the molecule is CCC(O)c1oc(C)cc(=O)c1OCc1ccccc1. The van der Waals surface area contributed by atoms with E-state index in [9.17, 15) is 9.90 Å². The molecule has 4 heteroatoms. The predicted octanol–water partition coefficient (Wildman–Crippen LogP) is 2.97. The maximum absolute atomic E-state index is 12.0. The third-order valence-corrected chi connectivity index (χ3v) is 2.97. The standard InChI is InChI=1S/C16H18O4/c1-3-13(17)16-15(14(18)9-11(2)20-16)19-10-12-7-5-4-6-8-12/h4-9,13,17H,3,10H2,1-2H3. The van der Waals surface area contributed by atoms with Gasteiger partial charge < -0.3 is 14.3 Å². The minimum atomic E-state index is -0.839. The Labute approximate surface area is 117 Å². The van der Waals surface area contributed by atoms with Crippen molar-refractivity contribution in [2.45, 2.75) is 33.0 Å². The van der Waals surface area contributed by atoms with Crippen LogP contribution in [-0.2, 0) is 6.61 Å². The van der Waals surface area contributed by atoms with Gasteiger partial charge in [0.1, 0.15) is 18.5 Å². The van der Waals surface area contributed by atoms with E-state index >= 15 is 0 Å². The summed E-state index contributed by atoms with van der Waals surface area (Å²) in [5.74, 6) is 0.756. The van der Waals surface area contributed by atoms with Crippen molar-refractivity contribution in [2.24, 2.45) is 0 Å². The largest absolute Gasteiger partial charge is 0.482 e. The van der Waals surface area contributed by atoms with E-state index in [2.05, 4.69) is 0 Å². The number of hydrogen-bond donors (Lipinski definition) is 1. The van der Waals surface area contributed by atoms with Crippen LogP contribution in [-0.4, -0.2) is 5.11 Å². The lowest BCUT2D eigenvalue weighted by molar-refractivity contribution is 0.131. The average Bonchev–Trinajstić information content (AvgIpc) is 2.46. The second-order valence-corrected chi connectivity index (χ2v) is 4.61. The van der Waals surface area contributed by atoms with Gasteiger partial charge in [-0.2, -0.15) is 0 Å². The van der Waals surface area contributed by atoms with E-state index in [1.165, 1.54) is 6.07 Å². The Balaban J connectivity index is 2.28. The molecule has 1 heterocycles. The van der Waals surface area contributed by atoms with Gasteiger partial charge in [-0.25, -0.2) is 0 Å². The Kier molecular flexibility index (Phi) is 4.58. The quantitative estimate of drug-likeness (QED) is 0.910. The molecule has 0 fully saturated rings. The highest BCUT2D eigenvalue weighted by atomic mass is 16.5. The fourth-order valence-corrected chi connectivity index (χ4v) is 1.90. The zero-order valence-electron chi connectivity index (χ0n) is 11.6. The molecule has 0 radical (unpaired) electrons. The summed E-state index contributed by atoms with van der Waals surface area (Å²) in [5, 5.41) is 9.94. The van der Waals surface area contributed by atoms with Crippen LogP contribution in [0.3, 0.4) is 0 Å². The summed E-state index contributed by atoms with van der Waals surface area (Å²) in [4.78, 5) is 12.0. The Morgan fingerprint density at radius 3 is 2.65 bits per heavy atom. The Hall–Kier alpha value is -2.07. The minimum Gasteiger partial charge on any atom is -0.482 e. The van der Waals surface area contributed by atoms with Crippen LogP contribution in [0.5, 0.6) is 5.75 Å². The molecular formula is C16H18O4. The van der Waals surface area contributed by atoms with Crippen molar-refractivity contribution in [3.8, 4) is 5.75 Å². The van der Waals surface area contributed by atoms with Crippen LogP contribution in [0, 0.1) is 6.92 Å². The van der Waals surface area contributed by atoms with Gasteiger partial charge in [-0.3, -0.25) is 4.79 Å². The lowest BCUT2D eigenvalue weighted by Crippen LogP contribution is -2.13. The number of hydrogen-bond acceptors (Lipinski definition) is 4. The Morgan fingerprint density at radius 2 is 2.00 bits per heavy atom. The molecule has 0 aliphatic carbocycles. The van der Waals surface area contributed by atoms with E-state index < -0.39 is 6.10 Å². The average molecular weight is 274 g/mol. The molecule has 1 aromatic heterocycles. The first-order valence-electron chi connectivity index (χ1n) is 6.61. The summed E-state index contributed by atoms with van der Waals surface area (Å²) >= 11 is 0. The van der Waals surface area contributed by atoms with Crippen LogP contribution < -0.4 is 10.2 Å². The molecule has 2 aromatic rings. The highest BCUT2D eigenvalue weighted by molar-refractivity contribution is 5.28. The molecule has 1 N–H and O–H groups in total. The molecule has 106 valence electrons. The van der Waals surface area contributed by atoms with Crippen LogP contribution in [0.4, 0.5) is 0 Å². The first-order valence-corrected chi connectivity index (χ1v) is 6.61. The molecule has 1 unspecified atom stereocenters. The van der Waals surface area contributed by atoms with Crippen molar-refractivity contribution in [3.05, 3.63) is 63.7 Å². The molecular weight excluding hydrogens is 256 g/mol. The zero-order chi connectivity index (χ0) is 14.5. The third kappa shape index (κ3) is 3.27. The second kappa shape index (κ2) is 6.39. The molecule has 0 aliphatic heterocycles. The van der Waals surface area contributed by atoms with Crippen molar-refractivity contribution in [1.29, 1.82) is 0 Å². The number of aryl methyl sites for hydroxylation is 1. The molecule has 0 spiro atoms. The molecule has 1 aromatic carbocycles. The van der Waals surface area contributed by atoms with Crippen LogP contribution in [0.2, 0.25) is 0 Å². The Morgan fingerprint density at radius 1 is 1.30 bits per heavy atom. The van der Waals surface area contributed by atoms with E-state index in [0.717, 1.165) is 5.56 Å². The first-order chi connectivity index (χ1) is 9.61. The van der Waals surface area contributed by atoms with Gasteiger partial charge in [-0.15, -0.1) is 0 Å². The first kappa shape index (κ1) is 14.3. The number of rotatable bonds is 5. The molecule has 0 bridgehead atoms. The number of benzene rings is 1. The fraction of sp³-hybridized carbons (Fsp3) is 0.312. The van der Waals surface area contributed by atoms with Crippen molar-refractivity contribution in [2.75, 3.05) is 0 Å². The molecule has 1 atom stereocenters. The normalized spacial score (nSPS) is 12.2. The summed E-state index contributed by atoms with van der Waals surface area (Å²) in [6, 6.07) is 10.9.